The summed E-state index contributed by atoms with van der Waals surface area (Å²) in [6.45, 7) is 6.44. The van der Waals surface area contributed by atoms with Crippen LogP contribution in [0.15, 0.2) is 22.1 Å². The molecular formula is C9H15NS. The Balaban J connectivity index is 2.82. The van der Waals surface area contributed by atoms with Gasteiger partial charge in [0.1, 0.15) is 0 Å². The van der Waals surface area contributed by atoms with E-state index < -0.39 is 0 Å². The van der Waals surface area contributed by atoms with Crippen molar-refractivity contribution in [2.24, 2.45) is 0 Å². The largest absolute Gasteiger partial charge is 0.313 e. The Morgan fingerprint density at radius 1 is 1.64 bits per heavy atom. The van der Waals surface area contributed by atoms with Gasteiger partial charge in [0.15, 0.2) is 0 Å². The van der Waals surface area contributed by atoms with E-state index in [9.17, 15) is 0 Å². The van der Waals surface area contributed by atoms with E-state index in [0.29, 0.717) is 0 Å². The van der Waals surface area contributed by atoms with Crippen LogP contribution in [0.4, 0.5) is 0 Å². The van der Waals surface area contributed by atoms with E-state index in [0.717, 1.165) is 19.5 Å². The van der Waals surface area contributed by atoms with Gasteiger partial charge in [-0.3, -0.25) is 0 Å². The minimum absolute atomic E-state index is 1.04. The second kappa shape index (κ2) is 3.98. The lowest BCUT2D eigenvalue weighted by molar-refractivity contribution is 0.681. The van der Waals surface area contributed by atoms with Crippen molar-refractivity contribution < 1.29 is 0 Å². The van der Waals surface area contributed by atoms with Crippen molar-refractivity contribution in [3.63, 3.8) is 0 Å². The minimum atomic E-state index is 1.04. The number of allylic oxidation sites excluding steroid dienone is 1. The normalized spacial score (nSPS) is 20.8. The van der Waals surface area contributed by atoms with E-state index in [-0.39, 0.29) is 0 Å². The van der Waals surface area contributed by atoms with Crippen LogP contribution in [-0.4, -0.2) is 13.1 Å². The molecule has 0 bridgehead atoms. The standard InChI is InChI=1S/C9H15NS/c1-7-5-10-4-3-9(7)8(2)6-11/h6,10-11H,3-5H2,1-2H3/b8-6-. The quantitative estimate of drug-likeness (QED) is 0.573. The number of nitrogens with one attached hydrogen (secondary N) is 1. The van der Waals surface area contributed by atoms with Gasteiger partial charge in [0, 0.05) is 6.54 Å². The van der Waals surface area contributed by atoms with Crippen LogP contribution in [-0.2, 0) is 0 Å². The molecule has 0 aromatic rings. The molecule has 0 unspecified atom stereocenters. The van der Waals surface area contributed by atoms with E-state index in [1.165, 1.54) is 16.7 Å². The molecule has 62 valence electrons. The SMILES string of the molecule is CC1=C(/C(C)=C\S)CCNC1. The molecule has 0 amide bonds. The summed E-state index contributed by atoms with van der Waals surface area (Å²) in [6, 6.07) is 0. The molecule has 0 radical (unpaired) electrons. The van der Waals surface area contributed by atoms with Gasteiger partial charge in [-0.1, -0.05) is 5.57 Å². The fraction of sp³-hybridized carbons (Fsp3) is 0.556. The van der Waals surface area contributed by atoms with Gasteiger partial charge in [0.25, 0.3) is 0 Å². The molecule has 0 saturated carbocycles. The van der Waals surface area contributed by atoms with E-state index in [1.807, 2.05) is 5.41 Å². The summed E-state index contributed by atoms with van der Waals surface area (Å²) in [5, 5.41) is 5.23. The average Bonchev–Trinajstić information content (AvgIpc) is 2.04. The number of hydrogen-bond donors (Lipinski definition) is 2. The maximum absolute atomic E-state index is 4.15. The maximum Gasteiger partial charge on any atom is 0.0167 e. The van der Waals surface area contributed by atoms with Crippen LogP contribution in [0.3, 0.4) is 0 Å². The lowest BCUT2D eigenvalue weighted by atomic mass is 9.97. The number of hydrogen-bond acceptors (Lipinski definition) is 2. The molecule has 0 aliphatic carbocycles. The van der Waals surface area contributed by atoms with Gasteiger partial charge in [0.2, 0.25) is 0 Å². The summed E-state index contributed by atoms with van der Waals surface area (Å²) in [7, 11) is 0. The van der Waals surface area contributed by atoms with E-state index in [2.05, 4.69) is 31.8 Å². The van der Waals surface area contributed by atoms with Gasteiger partial charge in [-0.05, 0) is 43.4 Å². The highest BCUT2D eigenvalue weighted by Crippen LogP contribution is 2.20. The molecule has 1 heterocycles. The lowest BCUT2D eigenvalue weighted by Crippen LogP contribution is -2.24. The maximum atomic E-state index is 4.15. The topological polar surface area (TPSA) is 12.0 Å². The second-order valence-electron chi connectivity index (χ2n) is 3.00. The Hall–Kier alpha value is -0.210. The van der Waals surface area contributed by atoms with Crippen LogP contribution in [0, 0.1) is 0 Å². The first-order valence-electron chi connectivity index (χ1n) is 3.96. The zero-order chi connectivity index (χ0) is 8.27. The summed E-state index contributed by atoms with van der Waals surface area (Å²) >= 11 is 4.15. The van der Waals surface area contributed by atoms with Crippen LogP contribution in [0.1, 0.15) is 20.3 Å². The summed E-state index contributed by atoms with van der Waals surface area (Å²) in [4.78, 5) is 0. The summed E-state index contributed by atoms with van der Waals surface area (Å²) < 4.78 is 0. The Morgan fingerprint density at radius 2 is 2.36 bits per heavy atom. The van der Waals surface area contributed by atoms with Gasteiger partial charge >= 0.3 is 0 Å². The molecule has 11 heavy (non-hydrogen) atoms. The molecule has 0 spiro atoms. The Kier molecular flexibility index (Phi) is 3.21. The third kappa shape index (κ3) is 2.11. The number of rotatable bonds is 1. The number of thiol groups is 1. The fourth-order valence-corrected chi connectivity index (χ4v) is 1.58. The average molecular weight is 169 g/mol. The predicted octanol–water partition coefficient (Wildman–Crippen LogP) is 2.13. The molecule has 1 aliphatic heterocycles. The van der Waals surface area contributed by atoms with Gasteiger partial charge < -0.3 is 5.32 Å². The van der Waals surface area contributed by atoms with Crippen LogP contribution in [0.5, 0.6) is 0 Å². The highest BCUT2D eigenvalue weighted by atomic mass is 32.1. The zero-order valence-corrected chi connectivity index (χ0v) is 8.04. The minimum Gasteiger partial charge on any atom is -0.313 e. The Bertz CT molecular complexity index is 204. The van der Waals surface area contributed by atoms with Gasteiger partial charge in [-0.2, -0.15) is 12.6 Å². The molecule has 0 atom stereocenters. The third-order valence-corrected chi connectivity index (χ3v) is 2.51. The molecule has 0 saturated heterocycles. The van der Waals surface area contributed by atoms with Gasteiger partial charge in [-0.15, -0.1) is 0 Å². The summed E-state index contributed by atoms with van der Waals surface area (Å²) in [5.74, 6) is 0. The summed E-state index contributed by atoms with van der Waals surface area (Å²) in [6.07, 6.45) is 1.15. The predicted molar refractivity (Wildman–Crippen MR) is 52.9 cm³/mol. The first kappa shape index (κ1) is 8.88. The second-order valence-corrected chi connectivity index (χ2v) is 3.26. The third-order valence-electron chi connectivity index (χ3n) is 2.13. The van der Waals surface area contributed by atoms with E-state index in [4.69, 9.17) is 0 Å². The highest BCUT2D eigenvalue weighted by molar-refractivity contribution is 7.83. The first-order valence-corrected chi connectivity index (χ1v) is 4.48. The molecule has 2 heteroatoms. The van der Waals surface area contributed by atoms with Crippen molar-refractivity contribution in [2.75, 3.05) is 13.1 Å². The van der Waals surface area contributed by atoms with Crippen molar-refractivity contribution in [2.45, 2.75) is 20.3 Å². The van der Waals surface area contributed by atoms with Crippen molar-refractivity contribution in [3.8, 4) is 0 Å². The van der Waals surface area contributed by atoms with Crippen molar-refractivity contribution in [1.82, 2.24) is 5.32 Å². The molecule has 0 aromatic carbocycles. The van der Waals surface area contributed by atoms with Gasteiger partial charge in [0.05, 0.1) is 0 Å². The van der Waals surface area contributed by atoms with Crippen LogP contribution in [0.2, 0.25) is 0 Å². The molecule has 1 nitrogen and oxygen atoms in total. The Labute approximate surface area is 74.0 Å². The monoisotopic (exact) mass is 169 g/mol. The zero-order valence-electron chi connectivity index (χ0n) is 7.15. The highest BCUT2D eigenvalue weighted by Gasteiger charge is 2.08. The van der Waals surface area contributed by atoms with Crippen molar-refractivity contribution in [1.29, 1.82) is 0 Å². The van der Waals surface area contributed by atoms with E-state index >= 15 is 0 Å². The molecule has 1 rings (SSSR count). The summed E-state index contributed by atoms with van der Waals surface area (Å²) in [5.41, 5.74) is 4.25. The lowest BCUT2D eigenvalue weighted by Gasteiger charge is -2.19. The Morgan fingerprint density at radius 3 is 2.91 bits per heavy atom. The molecule has 0 fully saturated rings. The van der Waals surface area contributed by atoms with E-state index in [1.54, 1.807) is 0 Å². The molecule has 1 N–H and O–H groups in total. The van der Waals surface area contributed by atoms with Crippen molar-refractivity contribution >= 4 is 12.6 Å². The molecule has 0 aromatic heterocycles. The smallest absolute Gasteiger partial charge is 0.0167 e. The fourth-order valence-electron chi connectivity index (χ4n) is 1.42. The van der Waals surface area contributed by atoms with Crippen molar-refractivity contribution in [3.05, 3.63) is 22.1 Å². The van der Waals surface area contributed by atoms with Crippen LogP contribution < -0.4 is 5.32 Å². The van der Waals surface area contributed by atoms with Crippen LogP contribution in [0.25, 0.3) is 0 Å². The molecular weight excluding hydrogens is 154 g/mol. The first-order chi connectivity index (χ1) is 5.25. The molecule has 1 aliphatic rings. The van der Waals surface area contributed by atoms with Gasteiger partial charge in [-0.25, -0.2) is 0 Å². The van der Waals surface area contributed by atoms with Crippen LogP contribution >= 0.6 is 12.6 Å².